The van der Waals surface area contributed by atoms with Crippen LogP contribution in [0.2, 0.25) is 0 Å². The smallest absolute Gasteiger partial charge is 0.174 e. The van der Waals surface area contributed by atoms with E-state index in [-0.39, 0.29) is 0 Å². The third kappa shape index (κ3) is 3.33. The second-order valence-corrected chi connectivity index (χ2v) is 7.06. The van der Waals surface area contributed by atoms with E-state index in [9.17, 15) is 5.26 Å². The van der Waals surface area contributed by atoms with E-state index in [4.69, 9.17) is 4.42 Å². The van der Waals surface area contributed by atoms with Crippen molar-refractivity contribution in [1.29, 1.82) is 5.26 Å². The Morgan fingerprint density at radius 1 is 1.30 bits per heavy atom. The summed E-state index contributed by atoms with van der Waals surface area (Å²) < 4.78 is 9.80. The van der Waals surface area contributed by atoms with Gasteiger partial charge >= 0.3 is 0 Å². The molecule has 0 saturated carbocycles. The van der Waals surface area contributed by atoms with Gasteiger partial charge in [-0.3, -0.25) is 0 Å². The van der Waals surface area contributed by atoms with Crippen molar-refractivity contribution in [1.82, 2.24) is 19.3 Å². The summed E-state index contributed by atoms with van der Waals surface area (Å²) in [5, 5.41) is 18.4. The van der Waals surface area contributed by atoms with Crippen molar-refractivity contribution in [3.63, 3.8) is 0 Å². The first kappa shape index (κ1) is 17.3. The maximum Gasteiger partial charge on any atom is 0.174 e. The molecule has 6 heteroatoms. The van der Waals surface area contributed by atoms with Gasteiger partial charge in [0.15, 0.2) is 5.82 Å². The van der Waals surface area contributed by atoms with Crippen LogP contribution in [0.25, 0.3) is 11.6 Å². The van der Waals surface area contributed by atoms with Crippen LogP contribution < -0.4 is 0 Å². The van der Waals surface area contributed by atoms with E-state index in [1.165, 1.54) is 6.42 Å². The minimum absolute atomic E-state index is 0.564. The first-order valence-corrected chi connectivity index (χ1v) is 9.40. The van der Waals surface area contributed by atoms with Crippen molar-refractivity contribution in [2.45, 2.75) is 52.6 Å². The Morgan fingerprint density at radius 3 is 2.96 bits per heavy atom. The molecule has 6 nitrogen and oxygen atoms in total. The Bertz CT molecular complexity index is 1010. The van der Waals surface area contributed by atoms with Crippen LogP contribution in [0.1, 0.15) is 53.6 Å². The predicted molar refractivity (Wildman–Crippen MR) is 103 cm³/mol. The van der Waals surface area contributed by atoms with E-state index < -0.39 is 0 Å². The van der Waals surface area contributed by atoms with Gasteiger partial charge in [-0.2, -0.15) is 5.26 Å². The zero-order chi connectivity index (χ0) is 18.8. The molecule has 0 saturated heterocycles. The van der Waals surface area contributed by atoms with E-state index in [1.54, 1.807) is 6.26 Å². The molecule has 0 bridgehead atoms. The van der Waals surface area contributed by atoms with Gasteiger partial charge in [-0.25, -0.2) is 0 Å². The van der Waals surface area contributed by atoms with Crippen molar-refractivity contribution in [2.24, 2.45) is 0 Å². The maximum atomic E-state index is 9.78. The number of furan rings is 1. The molecule has 0 aromatic carbocycles. The molecular weight excluding hydrogens is 338 g/mol. The zero-order valence-corrected chi connectivity index (χ0v) is 15.8. The van der Waals surface area contributed by atoms with Crippen LogP contribution in [0.15, 0.2) is 28.9 Å². The maximum absolute atomic E-state index is 9.78. The molecule has 0 spiro atoms. The van der Waals surface area contributed by atoms with Gasteiger partial charge in [0.2, 0.25) is 0 Å². The molecule has 0 radical (unpaired) electrons. The van der Waals surface area contributed by atoms with Crippen LogP contribution in [-0.2, 0) is 19.5 Å². The van der Waals surface area contributed by atoms with E-state index >= 15 is 0 Å². The van der Waals surface area contributed by atoms with Crippen LogP contribution in [0.3, 0.4) is 0 Å². The van der Waals surface area contributed by atoms with Crippen LogP contribution in [0.5, 0.6) is 0 Å². The number of hydrogen-bond acceptors (Lipinski definition) is 4. The third-order valence-electron chi connectivity index (χ3n) is 5.28. The molecule has 4 heterocycles. The number of nitrogens with zero attached hydrogens (tertiary/aromatic N) is 5. The van der Waals surface area contributed by atoms with Crippen molar-refractivity contribution in [3.8, 4) is 6.07 Å². The lowest BCUT2D eigenvalue weighted by atomic mass is 10.1. The van der Waals surface area contributed by atoms with Crippen LogP contribution in [-0.4, -0.2) is 19.3 Å². The number of nitriles is 1. The molecule has 138 valence electrons. The van der Waals surface area contributed by atoms with E-state index in [2.05, 4.69) is 45.3 Å². The highest BCUT2D eigenvalue weighted by Crippen LogP contribution is 2.24. The van der Waals surface area contributed by atoms with Gasteiger partial charge in [0.1, 0.15) is 17.7 Å². The van der Waals surface area contributed by atoms with E-state index in [1.807, 2.05) is 18.2 Å². The highest BCUT2D eigenvalue weighted by atomic mass is 16.3. The lowest BCUT2D eigenvalue weighted by Crippen LogP contribution is -2.05. The first-order valence-electron chi connectivity index (χ1n) is 9.40. The molecule has 1 aliphatic rings. The van der Waals surface area contributed by atoms with Crippen molar-refractivity contribution in [2.75, 3.05) is 0 Å². The zero-order valence-electron chi connectivity index (χ0n) is 15.8. The number of rotatable bonds is 4. The average molecular weight is 361 g/mol. The number of hydrogen-bond donors (Lipinski definition) is 0. The molecule has 0 N–H and O–H groups in total. The SMILES string of the molecule is Cc1cc(/C=C(\C#N)c2nnc3n2CCCCC3)c(C)n1Cc1ccco1. The Balaban J connectivity index is 1.70. The number of aryl methyl sites for hydroxylation is 2. The summed E-state index contributed by atoms with van der Waals surface area (Å²) in [6.45, 7) is 5.71. The molecule has 0 fully saturated rings. The minimum Gasteiger partial charge on any atom is -0.467 e. The largest absolute Gasteiger partial charge is 0.467 e. The van der Waals surface area contributed by atoms with E-state index in [0.29, 0.717) is 17.9 Å². The lowest BCUT2D eigenvalue weighted by Gasteiger charge is -2.08. The minimum atomic E-state index is 0.564. The lowest BCUT2D eigenvalue weighted by molar-refractivity contribution is 0.489. The fourth-order valence-electron chi connectivity index (χ4n) is 3.76. The van der Waals surface area contributed by atoms with Gasteiger partial charge in [0.05, 0.1) is 18.4 Å². The third-order valence-corrected chi connectivity index (χ3v) is 5.28. The molecule has 4 rings (SSSR count). The molecular formula is C21H23N5O. The molecule has 0 aliphatic carbocycles. The predicted octanol–water partition coefficient (Wildman–Crippen LogP) is 4.13. The molecule has 3 aromatic rings. The van der Waals surface area contributed by atoms with Gasteiger partial charge in [-0.1, -0.05) is 6.42 Å². The summed E-state index contributed by atoms with van der Waals surface area (Å²) in [4.78, 5) is 0. The summed E-state index contributed by atoms with van der Waals surface area (Å²) in [6, 6.07) is 8.31. The molecule has 0 amide bonds. The highest BCUT2D eigenvalue weighted by Gasteiger charge is 2.18. The van der Waals surface area contributed by atoms with Crippen molar-refractivity contribution < 1.29 is 4.42 Å². The van der Waals surface area contributed by atoms with E-state index in [0.717, 1.165) is 54.3 Å². The second-order valence-electron chi connectivity index (χ2n) is 7.06. The Morgan fingerprint density at radius 2 is 2.19 bits per heavy atom. The standard InChI is InChI=1S/C21H23N5O/c1-15-11-17(16(2)26(15)14-19-7-6-10-27-19)12-18(13-22)21-24-23-20-8-4-3-5-9-25(20)21/h6-7,10-12H,3-5,8-9,14H2,1-2H3/b18-12+. The summed E-state index contributed by atoms with van der Waals surface area (Å²) in [6.07, 6.45) is 8.00. The average Bonchev–Trinajstić information content (AvgIpc) is 3.33. The van der Waals surface area contributed by atoms with Crippen molar-refractivity contribution >= 4 is 11.6 Å². The van der Waals surface area contributed by atoms with Gasteiger partial charge in [0.25, 0.3) is 0 Å². The fourth-order valence-corrected chi connectivity index (χ4v) is 3.76. The first-order chi connectivity index (χ1) is 13.2. The van der Waals surface area contributed by atoms with Crippen LogP contribution in [0.4, 0.5) is 0 Å². The quantitative estimate of drug-likeness (QED) is 0.655. The Hall–Kier alpha value is -3.07. The van der Waals surface area contributed by atoms with Gasteiger partial charge in [-0.05, 0) is 56.5 Å². The summed E-state index contributed by atoms with van der Waals surface area (Å²) in [7, 11) is 0. The summed E-state index contributed by atoms with van der Waals surface area (Å²) >= 11 is 0. The molecule has 27 heavy (non-hydrogen) atoms. The van der Waals surface area contributed by atoms with Crippen molar-refractivity contribution in [3.05, 3.63) is 58.8 Å². The number of fused-ring (bicyclic) bond motifs is 1. The molecule has 3 aromatic heterocycles. The Labute approximate surface area is 158 Å². The van der Waals surface area contributed by atoms with Crippen LogP contribution in [0, 0.1) is 25.2 Å². The topological polar surface area (TPSA) is 72.6 Å². The Kier molecular flexibility index (Phi) is 4.68. The second kappa shape index (κ2) is 7.28. The number of allylic oxidation sites excluding steroid dienone is 1. The highest BCUT2D eigenvalue weighted by molar-refractivity contribution is 5.87. The number of aromatic nitrogens is 4. The summed E-state index contributed by atoms with van der Waals surface area (Å²) in [5.41, 5.74) is 3.83. The van der Waals surface area contributed by atoms with Gasteiger partial charge < -0.3 is 13.6 Å². The van der Waals surface area contributed by atoms with Gasteiger partial charge in [0, 0.05) is 24.4 Å². The monoisotopic (exact) mass is 361 g/mol. The fraction of sp³-hybridized carbons (Fsp3) is 0.381. The molecule has 0 atom stereocenters. The van der Waals surface area contributed by atoms with Crippen LogP contribution >= 0.6 is 0 Å². The van der Waals surface area contributed by atoms with Gasteiger partial charge in [-0.15, -0.1) is 10.2 Å². The normalized spacial score (nSPS) is 14.6. The molecule has 1 aliphatic heterocycles. The summed E-state index contributed by atoms with van der Waals surface area (Å²) in [5.74, 6) is 2.59. The molecule has 0 unspecified atom stereocenters.